The van der Waals surface area contributed by atoms with Gasteiger partial charge in [0.15, 0.2) is 5.78 Å². The zero-order chi connectivity index (χ0) is 20.4. The average molecular weight is 426 g/mol. The van der Waals surface area contributed by atoms with E-state index in [1.165, 1.54) is 13.0 Å². The molecule has 0 aliphatic rings. The van der Waals surface area contributed by atoms with Gasteiger partial charge in [-0.05, 0) is 13.0 Å². The van der Waals surface area contributed by atoms with Gasteiger partial charge in [-0.2, -0.15) is 12.1 Å². The molecule has 0 aliphatic heterocycles. The van der Waals surface area contributed by atoms with Crippen molar-refractivity contribution < 1.29 is 31.5 Å². The van der Waals surface area contributed by atoms with Gasteiger partial charge in [-0.3, -0.25) is 10.6 Å². The maximum atomic E-state index is 11.9. The molecule has 0 atom stereocenters. The number of hydrogen-bond acceptors (Lipinski definition) is 3. The standard InChI is InChI=1S/C18H15O2.C7H7O.Fe/c1-14(19)17(13-15-7-5-6-8-15)11-12-18(20)16-9-3-2-4-10-16;1-6(8)7-4-2-3-5-7;/h2-13H,1H3;2-5H,1H3;/q-1;-5;. The molecule has 154 valence electrons. The summed E-state index contributed by atoms with van der Waals surface area (Å²) in [5.41, 5.74) is 2.87. The fourth-order valence-electron chi connectivity index (χ4n) is 2.40. The average Bonchev–Trinajstić information content (AvgIpc) is 3.39. The SMILES string of the molecule is CC(=O)C(C=CC(=O)c1ccccc1)=C[c-]1cccc1.CC(=O)[c-]1[cH-][cH-][cH-][cH-]1.[Fe]. The predicted octanol–water partition coefficient (Wildman–Crippen LogP) is 5.42. The predicted molar refractivity (Wildman–Crippen MR) is 113 cm³/mol. The molecule has 0 spiro atoms. The van der Waals surface area contributed by atoms with Gasteiger partial charge in [0, 0.05) is 22.6 Å². The van der Waals surface area contributed by atoms with E-state index < -0.39 is 0 Å². The largest absolute Gasteiger partial charge is 0.718 e. The maximum absolute atomic E-state index is 11.9. The number of carbonyl (C=O) groups excluding carboxylic acids is 3. The van der Waals surface area contributed by atoms with Gasteiger partial charge >= 0.3 is 0 Å². The first-order valence-electron chi connectivity index (χ1n) is 8.92. The zero-order valence-corrected chi connectivity index (χ0v) is 17.4. The summed E-state index contributed by atoms with van der Waals surface area (Å²) in [5, 5.41) is 0. The van der Waals surface area contributed by atoms with E-state index in [1.807, 2.05) is 66.7 Å². The Hall–Kier alpha value is -3.07. The molecule has 3 nitrogen and oxygen atoms in total. The molecule has 0 fully saturated rings. The van der Waals surface area contributed by atoms with Crippen LogP contribution in [0.5, 0.6) is 0 Å². The van der Waals surface area contributed by atoms with Gasteiger partial charge < -0.3 is 39.4 Å². The summed E-state index contributed by atoms with van der Waals surface area (Å²) in [4.78, 5) is 34.0. The minimum atomic E-state index is -0.111. The van der Waals surface area contributed by atoms with E-state index in [4.69, 9.17) is 0 Å². The summed E-state index contributed by atoms with van der Waals surface area (Å²) in [5.74, 6) is -0.0430. The molecule has 0 unspecified atom stereocenters. The Morgan fingerprint density at radius 1 is 0.862 bits per heavy atom. The summed E-state index contributed by atoms with van der Waals surface area (Å²) in [6.07, 6.45) is 4.78. The van der Waals surface area contributed by atoms with Crippen LogP contribution in [0.25, 0.3) is 6.08 Å². The van der Waals surface area contributed by atoms with Crippen LogP contribution in [0.3, 0.4) is 0 Å². The minimum absolute atomic E-state index is 0. The molecular formula is C25H22FeO3-6. The fourth-order valence-corrected chi connectivity index (χ4v) is 2.40. The summed E-state index contributed by atoms with van der Waals surface area (Å²) in [6, 6.07) is 24.0. The van der Waals surface area contributed by atoms with Crippen molar-refractivity contribution in [3.05, 3.63) is 113 Å². The number of ketones is 3. The molecule has 0 heterocycles. The van der Waals surface area contributed by atoms with Gasteiger partial charge in [0.1, 0.15) is 5.78 Å². The topological polar surface area (TPSA) is 51.2 Å². The Morgan fingerprint density at radius 3 is 1.93 bits per heavy atom. The van der Waals surface area contributed by atoms with E-state index in [9.17, 15) is 14.4 Å². The second-order valence-corrected chi connectivity index (χ2v) is 6.17. The van der Waals surface area contributed by atoms with Crippen LogP contribution in [-0.4, -0.2) is 17.3 Å². The molecule has 29 heavy (non-hydrogen) atoms. The molecule has 0 amide bonds. The van der Waals surface area contributed by atoms with Crippen LogP contribution < -0.4 is 0 Å². The Labute approximate surface area is 182 Å². The number of carbonyl (C=O) groups is 3. The van der Waals surface area contributed by atoms with Crippen LogP contribution >= 0.6 is 0 Å². The number of allylic oxidation sites excluding steroid dienone is 3. The molecule has 0 aliphatic carbocycles. The van der Waals surface area contributed by atoms with Gasteiger partial charge in [0.25, 0.3) is 0 Å². The van der Waals surface area contributed by atoms with E-state index in [-0.39, 0.29) is 34.4 Å². The first-order valence-corrected chi connectivity index (χ1v) is 8.92. The van der Waals surface area contributed by atoms with Gasteiger partial charge in [0.2, 0.25) is 0 Å². The zero-order valence-electron chi connectivity index (χ0n) is 16.3. The smallest absolute Gasteiger partial charge is 0.185 e. The van der Waals surface area contributed by atoms with Crippen molar-refractivity contribution in [3.63, 3.8) is 0 Å². The van der Waals surface area contributed by atoms with Crippen molar-refractivity contribution in [1.29, 1.82) is 0 Å². The number of hydrogen-bond donors (Lipinski definition) is 0. The first-order chi connectivity index (χ1) is 13.5. The van der Waals surface area contributed by atoms with E-state index in [1.54, 1.807) is 31.2 Å². The summed E-state index contributed by atoms with van der Waals surface area (Å²) < 4.78 is 0. The summed E-state index contributed by atoms with van der Waals surface area (Å²) in [7, 11) is 0. The summed E-state index contributed by atoms with van der Waals surface area (Å²) in [6.45, 7) is 3.06. The molecule has 4 heteroatoms. The van der Waals surface area contributed by atoms with Crippen molar-refractivity contribution >= 4 is 23.4 Å². The van der Waals surface area contributed by atoms with Crippen molar-refractivity contribution in [2.24, 2.45) is 0 Å². The third-order valence-electron chi connectivity index (χ3n) is 3.96. The van der Waals surface area contributed by atoms with Gasteiger partial charge in [-0.1, -0.05) is 42.0 Å². The van der Waals surface area contributed by atoms with Crippen molar-refractivity contribution in [3.8, 4) is 0 Å². The van der Waals surface area contributed by atoms with E-state index in [0.29, 0.717) is 11.1 Å². The van der Waals surface area contributed by atoms with Crippen LogP contribution in [0.4, 0.5) is 0 Å². The normalized spacial score (nSPS) is 10.6. The third kappa shape index (κ3) is 8.22. The van der Waals surface area contributed by atoms with Crippen LogP contribution in [0.15, 0.2) is 96.6 Å². The van der Waals surface area contributed by atoms with Gasteiger partial charge in [0.05, 0.1) is 0 Å². The van der Waals surface area contributed by atoms with E-state index in [0.717, 1.165) is 11.1 Å². The Bertz CT molecular complexity index is 961. The van der Waals surface area contributed by atoms with Crippen LogP contribution in [0.1, 0.15) is 40.1 Å². The van der Waals surface area contributed by atoms with Crippen molar-refractivity contribution in [2.75, 3.05) is 0 Å². The second-order valence-electron chi connectivity index (χ2n) is 6.17. The monoisotopic (exact) mass is 426 g/mol. The van der Waals surface area contributed by atoms with Crippen LogP contribution in [0.2, 0.25) is 0 Å². The molecule has 0 saturated heterocycles. The Kier molecular flexibility index (Phi) is 10.2. The Balaban J connectivity index is 0.000000394. The van der Waals surface area contributed by atoms with Crippen LogP contribution in [0, 0.1) is 0 Å². The molecule has 3 rings (SSSR count). The first kappa shape index (κ1) is 24.0. The third-order valence-corrected chi connectivity index (χ3v) is 3.96. The quantitative estimate of drug-likeness (QED) is 0.174. The molecule has 0 N–H and O–H groups in total. The molecular weight excluding hydrogens is 404 g/mol. The molecule has 3 aromatic rings. The second kappa shape index (κ2) is 12.4. The fraction of sp³-hybridized carbons (Fsp3) is 0.0800. The Morgan fingerprint density at radius 2 is 1.45 bits per heavy atom. The van der Waals surface area contributed by atoms with E-state index in [2.05, 4.69) is 0 Å². The van der Waals surface area contributed by atoms with Crippen molar-refractivity contribution in [2.45, 2.75) is 13.8 Å². The molecule has 3 aromatic carbocycles. The summed E-state index contributed by atoms with van der Waals surface area (Å²) >= 11 is 0. The molecule has 0 saturated carbocycles. The van der Waals surface area contributed by atoms with E-state index >= 15 is 0 Å². The molecule has 0 radical (unpaired) electrons. The van der Waals surface area contributed by atoms with Crippen LogP contribution in [-0.2, 0) is 21.9 Å². The van der Waals surface area contributed by atoms with Gasteiger partial charge in [-0.15, -0.1) is 30.7 Å². The maximum Gasteiger partial charge on any atom is 0.185 e. The number of Topliss-reactive ketones (excluding diaryl/α,β-unsaturated/α-hetero) is 2. The van der Waals surface area contributed by atoms with Gasteiger partial charge in [-0.25, -0.2) is 0 Å². The molecule has 0 bridgehead atoms. The number of benzene rings is 1. The minimum Gasteiger partial charge on any atom is -0.718 e. The molecule has 0 aromatic heterocycles. The van der Waals surface area contributed by atoms with Crippen molar-refractivity contribution in [1.82, 2.24) is 0 Å². The number of rotatable bonds is 6.